The molecule has 0 saturated heterocycles. The molecular weight excluding hydrogens is 274 g/mol. The van der Waals surface area contributed by atoms with Gasteiger partial charge in [0, 0.05) is 18.2 Å². The number of benzene rings is 1. The Balaban J connectivity index is 1.71. The van der Waals surface area contributed by atoms with Crippen LogP contribution in [0.15, 0.2) is 12.1 Å². The summed E-state index contributed by atoms with van der Waals surface area (Å²) in [6.07, 6.45) is 6.23. The van der Waals surface area contributed by atoms with E-state index in [1.54, 1.807) is 0 Å². The van der Waals surface area contributed by atoms with Gasteiger partial charge in [-0.15, -0.1) is 0 Å². The molecule has 1 N–H and O–H groups in total. The summed E-state index contributed by atoms with van der Waals surface area (Å²) < 4.78 is 10.8. The SMILES string of the molecule is CC1(C)CCCC(Nc2cc3c(cc2Cl)OCO3)CC1. The van der Waals surface area contributed by atoms with Gasteiger partial charge in [-0.05, 0) is 31.1 Å². The van der Waals surface area contributed by atoms with Gasteiger partial charge in [0.25, 0.3) is 0 Å². The zero-order valence-electron chi connectivity index (χ0n) is 12.2. The molecule has 3 rings (SSSR count). The second-order valence-corrected chi connectivity index (χ2v) is 7.03. The van der Waals surface area contributed by atoms with Crippen LogP contribution in [0.4, 0.5) is 5.69 Å². The van der Waals surface area contributed by atoms with Crippen molar-refractivity contribution < 1.29 is 9.47 Å². The van der Waals surface area contributed by atoms with Crippen LogP contribution < -0.4 is 14.8 Å². The monoisotopic (exact) mass is 295 g/mol. The van der Waals surface area contributed by atoms with Gasteiger partial charge in [0.05, 0.1) is 10.7 Å². The molecule has 3 nitrogen and oxygen atoms in total. The van der Waals surface area contributed by atoms with Crippen LogP contribution in [0, 0.1) is 5.41 Å². The van der Waals surface area contributed by atoms with E-state index in [9.17, 15) is 0 Å². The summed E-state index contributed by atoms with van der Waals surface area (Å²) in [4.78, 5) is 0. The van der Waals surface area contributed by atoms with Gasteiger partial charge in [0.15, 0.2) is 11.5 Å². The quantitative estimate of drug-likeness (QED) is 0.792. The predicted molar refractivity (Wildman–Crippen MR) is 81.9 cm³/mol. The molecule has 0 aromatic heterocycles. The van der Waals surface area contributed by atoms with Crippen molar-refractivity contribution in [3.63, 3.8) is 0 Å². The van der Waals surface area contributed by atoms with Gasteiger partial charge in [-0.3, -0.25) is 0 Å². The Labute approximate surface area is 125 Å². The fourth-order valence-corrected chi connectivity index (χ4v) is 3.26. The molecule has 0 radical (unpaired) electrons. The highest BCUT2D eigenvalue weighted by Gasteiger charge is 2.25. The van der Waals surface area contributed by atoms with Crippen molar-refractivity contribution in [1.82, 2.24) is 0 Å². The molecule has 2 aliphatic rings. The number of halogens is 1. The van der Waals surface area contributed by atoms with Gasteiger partial charge >= 0.3 is 0 Å². The first kappa shape index (κ1) is 13.9. The second kappa shape index (κ2) is 5.36. The van der Waals surface area contributed by atoms with E-state index in [0.29, 0.717) is 16.5 Å². The molecule has 1 unspecified atom stereocenters. The Bertz CT molecular complexity index is 501. The smallest absolute Gasteiger partial charge is 0.231 e. The lowest BCUT2D eigenvalue weighted by Crippen LogP contribution is -2.19. The van der Waals surface area contributed by atoms with Crippen molar-refractivity contribution in [1.29, 1.82) is 0 Å². The third kappa shape index (κ3) is 2.98. The van der Waals surface area contributed by atoms with Crippen molar-refractivity contribution >= 4 is 17.3 Å². The maximum atomic E-state index is 6.33. The summed E-state index contributed by atoms with van der Waals surface area (Å²) >= 11 is 6.33. The first-order valence-corrected chi connectivity index (χ1v) is 7.77. The number of anilines is 1. The van der Waals surface area contributed by atoms with Crippen LogP contribution in [0.25, 0.3) is 0 Å². The van der Waals surface area contributed by atoms with Crippen molar-refractivity contribution in [3.05, 3.63) is 17.2 Å². The fourth-order valence-electron chi connectivity index (χ4n) is 3.05. The topological polar surface area (TPSA) is 30.5 Å². The van der Waals surface area contributed by atoms with Crippen LogP contribution >= 0.6 is 11.6 Å². The minimum atomic E-state index is 0.284. The van der Waals surface area contributed by atoms with Crippen molar-refractivity contribution in [2.24, 2.45) is 5.41 Å². The molecule has 1 saturated carbocycles. The Kier molecular flexibility index (Phi) is 3.72. The molecule has 1 aromatic carbocycles. The maximum absolute atomic E-state index is 6.33. The Morgan fingerprint density at radius 3 is 2.70 bits per heavy atom. The first-order valence-electron chi connectivity index (χ1n) is 7.39. The number of hydrogen-bond donors (Lipinski definition) is 1. The summed E-state index contributed by atoms with van der Waals surface area (Å²) in [7, 11) is 0. The molecule has 1 aliphatic heterocycles. The van der Waals surface area contributed by atoms with Crippen LogP contribution in [-0.4, -0.2) is 12.8 Å². The number of fused-ring (bicyclic) bond motifs is 1. The maximum Gasteiger partial charge on any atom is 0.231 e. The van der Waals surface area contributed by atoms with E-state index in [2.05, 4.69) is 19.2 Å². The van der Waals surface area contributed by atoms with Crippen molar-refractivity contribution in [2.75, 3.05) is 12.1 Å². The summed E-state index contributed by atoms with van der Waals surface area (Å²) in [5, 5.41) is 4.30. The van der Waals surface area contributed by atoms with Gasteiger partial charge in [-0.2, -0.15) is 0 Å². The van der Waals surface area contributed by atoms with Gasteiger partial charge in [-0.25, -0.2) is 0 Å². The molecule has 1 atom stereocenters. The molecule has 1 fully saturated rings. The molecule has 1 heterocycles. The third-order valence-electron chi connectivity index (χ3n) is 4.40. The number of nitrogens with one attached hydrogen (secondary N) is 1. The molecule has 20 heavy (non-hydrogen) atoms. The molecule has 0 spiro atoms. The molecule has 4 heteroatoms. The second-order valence-electron chi connectivity index (χ2n) is 6.62. The lowest BCUT2D eigenvalue weighted by Gasteiger charge is -2.22. The number of rotatable bonds is 2. The predicted octanol–water partition coefficient (Wildman–Crippen LogP) is 4.84. The normalized spacial score (nSPS) is 24.2. The minimum absolute atomic E-state index is 0.284. The zero-order valence-corrected chi connectivity index (χ0v) is 12.9. The summed E-state index contributed by atoms with van der Waals surface area (Å²) in [6, 6.07) is 4.29. The molecule has 110 valence electrons. The molecule has 1 aliphatic carbocycles. The van der Waals surface area contributed by atoms with Crippen LogP contribution in [0.1, 0.15) is 46.0 Å². The van der Waals surface area contributed by atoms with Gasteiger partial charge < -0.3 is 14.8 Å². The van der Waals surface area contributed by atoms with Crippen molar-refractivity contribution in [2.45, 2.75) is 52.0 Å². The van der Waals surface area contributed by atoms with E-state index in [1.165, 1.54) is 32.1 Å². The molecule has 1 aromatic rings. The minimum Gasteiger partial charge on any atom is -0.454 e. The van der Waals surface area contributed by atoms with Gasteiger partial charge in [-0.1, -0.05) is 31.9 Å². The van der Waals surface area contributed by atoms with Gasteiger partial charge in [0.1, 0.15) is 0 Å². The van der Waals surface area contributed by atoms with E-state index in [4.69, 9.17) is 21.1 Å². The van der Waals surface area contributed by atoms with Crippen LogP contribution in [0.3, 0.4) is 0 Å². The van der Waals surface area contributed by atoms with E-state index in [0.717, 1.165) is 17.2 Å². The lowest BCUT2D eigenvalue weighted by molar-refractivity contribution is 0.174. The summed E-state index contributed by atoms with van der Waals surface area (Å²) in [5.41, 5.74) is 1.43. The van der Waals surface area contributed by atoms with Gasteiger partial charge in [0.2, 0.25) is 6.79 Å². The highest BCUT2D eigenvalue weighted by molar-refractivity contribution is 6.33. The van der Waals surface area contributed by atoms with E-state index < -0.39 is 0 Å². The van der Waals surface area contributed by atoms with Crippen LogP contribution in [0.5, 0.6) is 11.5 Å². The summed E-state index contributed by atoms with van der Waals surface area (Å²) in [6.45, 7) is 5.01. The van der Waals surface area contributed by atoms with E-state index >= 15 is 0 Å². The number of ether oxygens (including phenoxy) is 2. The Hall–Kier alpha value is -1.09. The highest BCUT2D eigenvalue weighted by Crippen LogP contribution is 2.41. The average Bonchev–Trinajstić information content (AvgIpc) is 2.75. The largest absolute Gasteiger partial charge is 0.454 e. The lowest BCUT2D eigenvalue weighted by atomic mass is 9.85. The average molecular weight is 296 g/mol. The standard InChI is InChI=1S/C16H22ClNO2/c1-16(2)6-3-4-11(5-7-16)18-13-9-15-14(8-12(13)17)19-10-20-15/h8-9,11,18H,3-7,10H2,1-2H3. The summed E-state index contributed by atoms with van der Waals surface area (Å²) in [5.74, 6) is 1.52. The van der Waals surface area contributed by atoms with Crippen LogP contribution in [0.2, 0.25) is 5.02 Å². The number of hydrogen-bond acceptors (Lipinski definition) is 3. The first-order chi connectivity index (χ1) is 9.53. The highest BCUT2D eigenvalue weighted by atomic mass is 35.5. The third-order valence-corrected chi connectivity index (χ3v) is 4.71. The van der Waals surface area contributed by atoms with Crippen LogP contribution in [-0.2, 0) is 0 Å². The molecule has 0 bridgehead atoms. The molecule has 0 amide bonds. The van der Waals surface area contributed by atoms with Crippen molar-refractivity contribution in [3.8, 4) is 11.5 Å². The molecular formula is C16H22ClNO2. The Morgan fingerprint density at radius 2 is 1.90 bits per heavy atom. The van der Waals surface area contributed by atoms with E-state index in [1.807, 2.05) is 12.1 Å². The fraction of sp³-hybridized carbons (Fsp3) is 0.625. The Morgan fingerprint density at radius 1 is 1.15 bits per heavy atom. The zero-order chi connectivity index (χ0) is 14.2. The van der Waals surface area contributed by atoms with E-state index in [-0.39, 0.29) is 6.79 Å².